The van der Waals surface area contributed by atoms with Crippen molar-refractivity contribution < 1.29 is 36.1 Å². The van der Waals surface area contributed by atoms with Gasteiger partial charge in [-0.05, 0) is 6.42 Å². The number of ether oxygens (including phenoxy) is 1. The number of aldehydes is 1. The highest BCUT2D eigenvalue weighted by atomic mass is 16.5. The fraction of sp³-hybridized carbons (Fsp3) is 0.857. The van der Waals surface area contributed by atoms with Crippen molar-refractivity contribution in [2.45, 2.75) is 69.8 Å². The molecule has 124 valence electrons. The molecule has 0 unspecified atom stereocenters. The SMILES string of the molecule is [2H]CCCCCCCC(=O)OC[C@@H](O)[C@@H](O)[C@H](O)[C@@H](O)C=O. The van der Waals surface area contributed by atoms with Crippen LogP contribution in [0.2, 0.25) is 0 Å². The molecular formula is C14H26O7. The molecule has 0 rings (SSSR count). The Kier molecular flexibility index (Phi) is 9.98. The van der Waals surface area contributed by atoms with Crippen LogP contribution < -0.4 is 0 Å². The number of hydrogen-bond donors (Lipinski definition) is 4. The lowest BCUT2D eigenvalue weighted by molar-refractivity contribution is -0.156. The number of hydrogen-bond acceptors (Lipinski definition) is 7. The van der Waals surface area contributed by atoms with Crippen LogP contribution in [-0.2, 0) is 14.3 Å². The third-order valence-electron chi connectivity index (χ3n) is 3.03. The Hall–Kier alpha value is -1.02. The molecule has 0 aromatic rings. The largest absolute Gasteiger partial charge is 0.463 e. The number of aliphatic hydroxyl groups is 4. The van der Waals surface area contributed by atoms with E-state index in [1.165, 1.54) is 0 Å². The fourth-order valence-electron chi connectivity index (χ4n) is 1.66. The maximum Gasteiger partial charge on any atom is 0.305 e. The lowest BCUT2D eigenvalue weighted by Gasteiger charge is -2.23. The zero-order chi connectivity index (χ0) is 17.0. The second kappa shape index (κ2) is 11.6. The highest BCUT2D eigenvalue weighted by Crippen LogP contribution is 2.08. The van der Waals surface area contributed by atoms with E-state index in [4.69, 9.17) is 11.2 Å². The molecule has 0 amide bonds. The van der Waals surface area contributed by atoms with E-state index in [-0.39, 0.29) is 12.7 Å². The van der Waals surface area contributed by atoms with Crippen molar-refractivity contribution in [3.8, 4) is 0 Å². The van der Waals surface area contributed by atoms with Gasteiger partial charge in [0.1, 0.15) is 31.0 Å². The van der Waals surface area contributed by atoms with Gasteiger partial charge in [0, 0.05) is 7.79 Å². The van der Waals surface area contributed by atoms with Crippen LogP contribution in [0.1, 0.15) is 46.8 Å². The van der Waals surface area contributed by atoms with Crippen LogP contribution in [-0.4, -0.2) is 63.7 Å². The van der Waals surface area contributed by atoms with Crippen LogP contribution in [0.5, 0.6) is 0 Å². The summed E-state index contributed by atoms with van der Waals surface area (Å²) in [7, 11) is 0. The molecule has 0 saturated heterocycles. The van der Waals surface area contributed by atoms with Crippen LogP contribution in [0, 0.1) is 0 Å². The maximum absolute atomic E-state index is 11.4. The van der Waals surface area contributed by atoms with Gasteiger partial charge in [0.25, 0.3) is 0 Å². The second-order valence-electron chi connectivity index (χ2n) is 4.88. The maximum atomic E-state index is 11.4. The van der Waals surface area contributed by atoms with Gasteiger partial charge in [0.05, 0.1) is 0 Å². The van der Waals surface area contributed by atoms with Gasteiger partial charge in [-0.2, -0.15) is 0 Å². The fourth-order valence-corrected chi connectivity index (χ4v) is 1.66. The zero-order valence-electron chi connectivity index (χ0n) is 13.1. The van der Waals surface area contributed by atoms with Gasteiger partial charge in [-0.25, -0.2) is 0 Å². The summed E-state index contributed by atoms with van der Waals surface area (Å²) in [4.78, 5) is 21.7. The average Bonchev–Trinajstić information content (AvgIpc) is 2.53. The molecule has 0 saturated carbocycles. The third-order valence-corrected chi connectivity index (χ3v) is 3.03. The first kappa shape index (κ1) is 18.0. The highest BCUT2D eigenvalue weighted by Gasteiger charge is 2.30. The number of carbonyl (C=O) groups excluding carboxylic acids is 2. The van der Waals surface area contributed by atoms with E-state index >= 15 is 0 Å². The lowest BCUT2D eigenvalue weighted by atomic mass is 10.0. The van der Waals surface area contributed by atoms with Crippen molar-refractivity contribution in [2.24, 2.45) is 0 Å². The first-order valence-electron chi connectivity index (χ1n) is 7.77. The monoisotopic (exact) mass is 307 g/mol. The Labute approximate surface area is 126 Å². The molecule has 0 aliphatic heterocycles. The molecule has 0 radical (unpaired) electrons. The molecular weight excluding hydrogens is 280 g/mol. The van der Waals surface area contributed by atoms with E-state index in [1.54, 1.807) is 0 Å². The summed E-state index contributed by atoms with van der Waals surface area (Å²) in [6.45, 7) is -0.117. The predicted octanol–water partition coefficient (Wildman–Crippen LogP) is -0.467. The molecule has 0 bridgehead atoms. The Morgan fingerprint density at radius 1 is 1.14 bits per heavy atom. The highest BCUT2D eigenvalue weighted by molar-refractivity contribution is 5.69. The molecule has 0 spiro atoms. The smallest absolute Gasteiger partial charge is 0.305 e. The second-order valence-corrected chi connectivity index (χ2v) is 4.88. The minimum Gasteiger partial charge on any atom is -0.463 e. The molecule has 4 N–H and O–H groups in total. The minimum absolute atomic E-state index is 0.0351. The van der Waals surface area contributed by atoms with Crippen LogP contribution in [0.25, 0.3) is 0 Å². The van der Waals surface area contributed by atoms with Crippen molar-refractivity contribution in [3.05, 3.63) is 0 Å². The van der Waals surface area contributed by atoms with E-state index in [0.717, 1.165) is 25.7 Å². The van der Waals surface area contributed by atoms with E-state index in [9.17, 15) is 24.9 Å². The standard InChI is InChI=1S/C14H26O7/c1-2-3-4-5-6-7-12(18)21-9-11(17)14(20)13(19)10(16)8-15/h8,10-11,13-14,16-17,19-20H,2-7,9H2,1H3/t10-,11+,13+,14+/m0/s1/i1D. The first-order valence-corrected chi connectivity index (χ1v) is 7.06. The van der Waals surface area contributed by atoms with Crippen LogP contribution in [0.4, 0.5) is 0 Å². The summed E-state index contributed by atoms with van der Waals surface area (Å²) in [5.74, 6) is -0.530. The quantitative estimate of drug-likeness (QED) is 0.218. The number of rotatable bonds is 12. The van der Waals surface area contributed by atoms with Gasteiger partial charge < -0.3 is 30.0 Å². The summed E-state index contributed by atoms with van der Waals surface area (Å²) in [6.07, 6.45) is -2.58. The first-order chi connectivity index (χ1) is 10.4. The van der Waals surface area contributed by atoms with Crippen molar-refractivity contribution in [2.75, 3.05) is 6.61 Å². The summed E-state index contributed by atoms with van der Waals surface area (Å²) in [5, 5.41) is 37.3. The van der Waals surface area contributed by atoms with Gasteiger partial charge in [-0.15, -0.1) is 0 Å². The minimum atomic E-state index is -1.84. The van der Waals surface area contributed by atoms with Gasteiger partial charge >= 0.3 is 5.97 Å². The topological polar surface area (TPSA) is 124 Å². The van der Waals surface area contributed by atoms with Gasteiger partial charge in [0.15, 0.2) is 6.29 Å². The molecule has 0 fully saturated rings. The Balaban J connectivity index is 3.82. The number of unbranched alkanes of at least 4 members (excludes halogenated alkanes) is 4. The van der Waals surface area contributed by atoms with E-state index in [2.05, 4.69) is 0 Å². The van der Waals surface area contributed by atoms with Crippen molar-refractivity contribution in [1.29, 1.82) is 0 Å². The van der Waals surface area contributed by atoms with Crippen LogP contribution in [0.3, 0.4) is 0 Å². The summed E-state index contributed by atoms with van der Waals surface area (Å²) in [6, 6.07) is 0. The Morgan fingerprint density at radius 2 is 1.81 bits per heavy atom. The molecule has 0 aliphatic rings. The van der Waals surface area contributed by atoms with E-state index in [1.807, 2.05) is 0 Å². The molecule has 4 atom stereocenters. The van der Waals surface area contributed by atoms with Crippen LogP contribution >= 0.6 is 0 Å². The normalized spacial score (nSPS) is 17.4. The number of aliphatic hydroxyl groups excluding tert-OH is 4. The molecule has 0 aliphatic carbocycles. The van der Waals surface area contributed by atoms with Crippen molar-refractivity contribution in [1.82, 2.24) is 0 Å². The summed E-state index contributed by atoms with van der Waals surface area (Å²) in [5.41, 5.74) is 0. The van der Waals surface area contributed by atoms with Crippen molar-refractivity contribution in [3.63, 3.8) is 0 Å². The Morgan fingerprint density at radius 3 is 2.43 bits per heavy atom. The number of esters is 1. The lowest BCUT2D eigenvalue weighted by Crippen LogP contribution is -2.46. The molecule has 7 heteroatoms. The van der Waals surface area contributed by atoms with Crippen molar-refractivity contribution >= 4 is 12.3 Å². The van der Waals surface area contributed by atoms with Gasteiger partial charge in [-0.3, -0.25) is 4.79 Å². The summed E-state index contributed by atoms with van der Waals surface area (Å²) < 4.78 is 11.7. The molecule has 7 nitrogen and oxygen atoms in total. The zero-order valence-corrected chi connectivity index (χ0v) is 12.1. The molecule has 0 aromatic heterocycles. The summed E-state index contributed by atoms with van der Waals surface area (Å²) >= 11 is 0. The van der Waals surface area contributed by atoms with E-state index in [0.29, 0.717) is 13.3 Å². The molecule has 0 aromatic carbocycles. The Bertz CT molecular complexity index is 314. The molecule has 0 heterocycles. The third kappa shape index (κ3) is 8.77. The van der Waals surface area contributed by atoms with Gasteiger partial charge in [0.2, 0.25) is 0 Å². The van der Waals surface area contributed by atoms with Gasteiger partial charge in [-0.1, -0.05) is 32.6 Å². The molecule has 21 heavy (non-hydrogen) atoms. The predicted molar refractivity (Wildman–Crippen MR) is 74.4 cm³/mol. The number of carbonyl (C=O) groups is 2. The van der Waals surface area contributed by atoms with E-state index < -0.39 is 37.0 Å². The van der Waals surface area contributed by atoms with Crippen LogP contribution in [0.15, 0.2) is 0 Å². The average molecular weight is 307 g/mol.